The van der Waals surface area contributed by atoms with Crippen LogP contribution in [0.25, 0.3) is 0 Å². The monoisotopic (exact) mass is 355 g/mol. The van der Waals surface area contributed by atoms with Crippen molar-refractivity contribution < 1.29 is 17.9 Å². The van der Waals surface area contributed by atoms with E-state index in [2.05, 4.69) is 22.6 Å². The van der Waals surface area contributed by atoms with Gasteiger partial charge in [0.15, 0.2) is 11.6 Å². The average molecular weight is 355 g/mol. The number of halogens is 3. The second-order valence-corrected chi connectivity index (χ2v) is 6.36. The van der Waals surface area contributed by atoms with Crippen LogP contribution in [0.4, 0.5) is 19.0 Å². The van der Waals surface area contributed by atoms with Gasteiger partial charge in [0, 0.05) is 35.8 Å². The molecule has 1 saturated heterocycles. The summed E-state index contributed by atoms with van der Waals surface area (Å²) in [4.78, 5) is 10.4. The van der Waals surface area contributed by atoms with Gasteiger partial charge in [0.1, 0.15) is 11.6 Å². The van der Waals surface area contributed by atoms with E-state index in [1.165, 1.54) is 0 Å². The third kappa shape index (κ3) is 3.81. The molecule has 0 bridgehead atoms. The summed E-state index contributed by atoms with van der Waals surface area (Å²) in [6, 6.07) is 1.36. The number of anilines is 1. The second kappa shape index (κ2) is 7.40. The lowest BCUT2D eigenvalue weighted by molar-refractivity contribution is 0.106. The van der Waals surface area contributed by atoms with E-state index in [1.807, 2.05) is 4.90 Å². The highest BCUT2D eigenvalue weighted by molar-refractivity contribution is 7.81. The van der Waals surface area contributed by atoms with Crippen LogP contribution >= 0.6 is 12.6 Å². The highest BCUT2D eigenvalue weighted by Gasteiger charge is 2.31. The first-order chi connectivity index (χ1) is 11.5. The Morgan fingerprint density at radius 3 is 2.71 bits per heavy atom. The van der Waals surface area contributed by atoms with Gasteiger partial charge in [-0.3, -0.25) is 4.98 Å². The van der Waals surface area contributed by atoms with E-state index in [0.29, 0.717) is 19.2 Å². The number of rotatable bonds is 5. The maximum absolute atomic E-state index is 13.6. The van der Waals surface area contributed by atoms with Crippen LogP contribution in [-0.4, -0.2) is 34.4 Å². The summed E-state index contributed by atoms with van der Waals surface area (Å²) in [6.45, 7) is 0.868. The topological polar surface area (TPSA) is 38.2 Å². The van der Waals surface area contributed by atoms with Gasteiger partial charge < -0.3 is 9.64 Å². The molecule has 3 rings (SSSR count). The summed E-state index contributed by atoms with van der Waals surface area (Å²) in [7, 11) is 0. The van der Waals surface area contributed by atoms with Crippen LogP contribution in [0.2, 0.25) is 0 Å². The molecule has 1 fully saturated rings. The molecule has 0 amide bonds. The maximum Gasteiger partial charge on any atom is 0.161 e. The Morgan fingerprint density at radius 1 is 1.17 bits per heavy atom. The Kier molecular flexibility index (Phi) is 5.25. The fourth-order valence-corrected chi connectivity index (χ4v) is 3.17. The molecule has 1 aliphatic heterocycles. The molecule has 0 aliphatic carbocycles. The number of aromatic nitrogens is 2. The van der Waals surface area contributed by atoms with Gasteiger partial charge in [-0.15, -0.1) is 0 Å². The molecule has 1 aromatic carbocycles. The molecule has 1 aromatic heterocycles. The standard InChI is InChI=1S/C16H16F3N3OS/c17-13-5-15(19)14(18)3-10(13)8-23-9-11-4-12(24)7-22(11)16-6-20-1-2-21-16/h1-3,5-6,11-12,24H,4,7-9H2/t11-,12+/m0/s1. The lowest BCUT2D eigenvalue weighted by Gasteiger charge is -2.25. The van der Waals surface area contributed by atoms with Crippen molar-refractivity contribution in [3.8, 4) is 0 Å². The Bertz CT molecular complexity index is 704. The minimum absolute atomic E-state index is 0.0116. The first kappa shape index (κ1) is 17.0. The molecule has 8 heteroatoms. The van der Waals surface area contributed by atoms with Crippen molar-refractivity contribution in [2.75, 3.05) is 18.1 Å². The number of hydrogen-bond donors (Lipinski definition) is 1. The zero-order valence-electron chi connectivity index (χ0n) is 12.7. The predicted octanol–water partition coefficient (Wildman–Crippen LogP) is 2.99. The Morgan fingerprint density at radius 2 is 1.96 bits per heavy atom. The molecule has 0 N–H and O–H groups in total. The molecule has 128 valence electrons. The van der Waals surface area contributed by atoms with E-state index < -0.39 is 17.5 Å². The average Bonchev–Trinajstić information content (AvgIpc) is 2.94. The van der Waals surface area contributed by atoms with Crippen LogP contribution in [0, 0.1) is 17.5 Å². The van der Waals surface area contributed by atoms with Crippen molar-refractivity contribution in [2.24, 2.45) is 0 Å². The normalized spacial score (nSPS) is 20.6. The molecule has 2 heterocycles. The molecular formula is C16H16F3N3OS. The SMILES string of the molecule is Fc1cc(F)c(COC[C@@H]2C[C@@H](S)CN2c2cnccn2)cc1F. The number of nitrogens with zero attached hydrogens (tertiary/aromatic N) is 3. The molecule has 0 spiro atoms. The van der Waals surface area contributed by atoms with E-state index in [4.69, 9.17) is 4.74 Å². The lowest BCUT2D eigenvalue weighted by atomic mass is 10.2. The van der Waals surface area contributed by atoms with E-state index in [9.17, 15) is 13.2 Å². The van der Waals surface area contributed by atoms with Crippen molar-refractivity contribution in [3.05, 3.63) is 53.7 Å². The molecule has 0 unspecified atom stereocenters. The summed E-state index contributed by atoms with van der Waals surface area (Å²) in [5.41, 5.74) is -0.0135. The molecule has 4 nitrogen and oxygen atoms in total. The highest BCUT2D eigenvalue weighted by atomic mass is 32.1. The van der Waals surface area contributed by atoms with E-state index in [1.54, 1.807) is 18.6 Å². The van der Waals surface area contributed by atoms with Crippen molar-refractivity contribution in [3.63, 3.8) is 0 Å². The molecular weight excluding hydrogens is 339 g/mol. The zero-order chi connectivity index (χ0) is 17.1. The number of thiol groups is 1. The van der Waals surface area contributed by atoms with Crippen molar-refractivity contribution in [2.45, 2.75) is 24.3 Å². The fraction of sp³-hybridized carbons (Fsp3) is 0.375. The summed E-state index contributed by atoms with van der Waals surface area (Å²) in [5, 5.41) is 0.167. The number of hydrogen-bond acceptors (Lipinski definition) is 5. The van der Waals surface area contributed by atoms with Crippen LogP contribution in [-0.2, 0) is 11.3 Å². The minimum atomic E-state index is -1.21. The Balaban J connectivity index is 1.62. The van der Waals surface area contributed by atoms with Crippen LogP contribution in [0.3, 0.4) is 0 Å². The molecule has 2 aromatic rings. The van der Waals surface area contributed by atoms with Gasteiger partial charge in [0.25, 0.3) is 0 Å². The van der Waals surface area contributed by atoms with Gasteiger partial charge in [-0.25, -0.2) is 18.2 Å². The molecule has 2 atom stereocenters. The quantitative estimate of drug-likeness (QED) is 0.661. The highest BCUT2D eigenvalue weighted by Crippen LogP contribution is 2.26. The van der Waals surface area contributed by atoms with Crippen LogP contribution < -0.4 is 4.90 Å². The van der Waals surface area contributed by atoms with Crippen molar-refractivity contribution in [1.29, 1.82) is 0 Å². The summed E-state index contributed by atoms with van der Waals surface area (Å²) < 4.78 is 45.3. The number of benzene rings is 1. The first-order valence-electron chi connectivity index (χ1n) is 7.46. The lowest BCUT2D eigenvalue weighted by Crippen LogP contribution is -2.34. The van der Waals surface area contributed by atoms with Crippen LogP contribution in [0.5, 0.6) is 0 Å². The summed E-state index contributed by atoms with van der Waals surface area (Å²) in [6.07, 6.45) is 5.64. The zero-order valence-corrected chi connectivity index (χ0v) is 13.6. The predicted molar refractivity (Wildman–Crippen MR) is 86.5 cm³/mol. The van der Waals surface area contributed by atoms with Gasteiger partial charge in [-0.2, -0.15) is 12.6 Å². The van der Waals surface area contributed by atoms with Gasteiger partial charge >= 0.3 is 0 Å². The summed E-state index contributed by atoms with van der Waals surface area (Å²) in [5.74, 6) is -2.40. The molecule has 24 heavy (non-hydrogen) atoms. The number of ether oxygens (including phenoxy) is 1. The van der Waals surface area contributed by atoms with E-state index >= 15 is 0 Å². The minimum Gasteiger partial charge on any atom is -0.375 e. The molecule has 1 aliphatic rings. The summed E-state index contributed by atoms with van der Waals surface area (Å²) >= 11 is 4.50. The van der Waals surface area contributed by atoms with Crippen molar-refractivity contribution in [1.82, 2.24) is 9.97 Å². The van der Waals surface area contributed by atoms with E-state index in [0.717, 1.165) is 18.3 Å². The smallest absolute Gasteiger partial charge is 0.161 e. The molecule has 0 radical (unpaired) electrons. The van der Waals surface area contributed by atoms with Gasteiger partial charge in [-0.1, -0.05) is 0 Å². The van der Waals surface area contributed by atoms with Crippen LogP contribution in [0.15, 0.2) is 30.7 Å². The fourth-order valence-electron chi connectivity index (χ4n) is 2.75. The van der Waals surface area contributed by atoms with Gasteiger partial charge in [-0.05, 0) is 12.5 Å². The Hall–Kier alpha value is -1.80. The third-order valence-electron chi connectivity index (χ3n) is 3.89. The first-order valence-corrected chi connectivity index (χ1v) is 7.98. The van der Waals surface area contributed by atoms with E-state index in [-0.39, 0.29) is 23.5 Å². The second-order valence-electron chi connectivity index (χ2n) is 5.63. The van der Waals surface area contributed by atoms with Crippen LogP contribution in [0.1, 0.15) is 12.0 Å². The Labute approximate surface area is 143 Å². The molecule has 0 saturated carbocycles. The van der Waals surface area contributed by atoms with Gasteiger partial charge in [0.2, 0.25) is 0 Å². The largest absolute Gasteiger partial charge is 0.375 e. The van der Waals surface area contributed by atoms with Crippen molar-refractivity contribution >= 4 is 18.4 Å². The van der Waals surface area contributed by atoms with Gasteiger partial charge in [0.05, 0.1) is 25.5 Å². The third-order valence-corrected chi connectivity index (χ3v) is 4.27. The maximum atomic E-state index is 13.6.